The molecule has 0 radical (unpaired) electrons. The number of methoxy groups -OCH3 is 1. The summed E-state index contributed by atoms with van der Waals surface area (Å²) in [5.74, 6) is 0.183. The van der Waals surface area contributed by atoms with Crippen LogP contribution in [0.4, 0.5) is 0 Å². The Labute approximate surface area is 187 Å². The van der Waals surface area contributed by atoms with E-state index in [9.17, 15) is 14.7 Å². The van der Waals surface area contributed by atoms with Gasteiger partial charge < -0.3 is 15.2 Å². The van der Waals surface area contributed by atoms with E-state index in [0.29, 0.717) is 36.7 Å². The number of allylic oxidation sites excluding steroid dienone is 2. The molecule has 0 saturated carbocycles. The first-order valence-corrected chi connectivity index (χ1v) is 10.3. The molecule has 0 aliphatic rings. The first-order valence-electron chi connectivity index (χ1n) is 10.3. The van der Waals surface area contributed by atoms with Gasteiger partial charge in [0.05, 0.1) is 7.11 Å². The van der Waals surface area contributed by atoms with Crippen LogP contribution in [0.25, 0.3) is 0 Å². The van der Waals surface area contributed by atoms with Gasteiger partial charge in [0.1, 0.15) is 11.8 Å². The van der Waals surface area contributed by atoms with E-state index in [1.165, 1.54) is 7.11 Å². The first kappa shape index (κ1) is 27.9. The van der Waals surface area contributed by atoms with Crippen molar-refractivity contribution < 1.29 is 19.4 Å². The van der Waals surface area contributed by atoms with Gasteiger partial charge >= 0.3 is 5.97 Å². The van der Waals surface area contributed by atoms with E-state index in [2.05, 4.69) is 31.3 Å². The van der Waals surface area contributed by atoms with Gasteiger partial charge in [-0.1, -0.05) is 45.1 Å². The van der Waals surface area contributed by atoms with E-state index in [4.69, 9.17) is 4.74 Å². The van der Waals surface area contributed by atoms with E-state index in [1.807, 2.05) is 13.0 Å². The lowest BCUT2D eigenvalue weighted by Gasteiger charge is -2.25. The molecule has 1 atom stereocenters. The van der Waals surface area contributed by atoms with Gasteiger partial charge in [0, 0.05) is 18.5 Å². The number of nitrogens with one attached hydrogen (secondary N) is 1. The molecule has 7 heteroatoms. The number of nitrogens with zero attached hydrogens (tertiary/aromatic N) is 1. The lowest BCUT2D eigenvalue weighted by atomic mass is 10.0. The Morgan fingerprint density at radius 1 is 1.27 bits per heavy atom. The van der Waals surface area contributed by atoms with Crippen molar-refractivity contribution in [3.05, 3.63) is 41.5 Å². The molecule has 6 nitrogen and oxygen atoms in total. The van der Waals surface area contributed by atoms with Crippen LogP contribution in [0.5, 0.6) is 5.75 Å². The summed E-state index contributed by atoms with van der Waals surface area (Å²) in [6.07, 6.45) is 7.73. The smallest absolute Gasteiger partial charge is 0.325 e. The fourth-order valence-corrected chi connectivity index (χ4v) is 3.04. The van der Waals surface area contributed by atoms with Crippen LogP contribution in [0, 0.1) is 5.92 Å². The topological polar surface area (TPSA) is 78.9 Å². The summed E-state index contributed by atoms with van der Waals surface area (Å²) in [7, 11) is 3.30. The molecule has 1 unspecified atom stereocenters. The summed E-state index contributed by atoms with van der Waals surface area (Å²) in [4.78, 5) is 25.5. The third-order valence-corrected chi connectivity index (χ3v) is 4.80. The van der Waals surface area contributed by atoms with Crippen LogP contribution in [0.15, 0.2) is 30.4 Å². The number of amides is 1. The lowest BCUT2D eigenvalue weighted by Crippen LogP contribution is -2.31. The van der Waals surface area contributed by atoms with Gasteiger partial charge in [0.2, 0.25) is 5.91 Å². The predicted molar refractivity (Wildman–Crippen MR) is 123 cm³/mol. The van der Waals surface area contributed by atoms with E-state index in [-0.39, 0.29) is 18.3 Å². The van der Waals surface area contributed by atoms with Crippen molar-refractivity contribution in [1.82, 2.24) is 10.2 Å². The SMILES string of the molecule is CCN(C)C(C(=O)O)c1ccc(CNC(=O)CCCCC=CC(C)C)cc1OC.Cl. The molecule has 0 aliphatic carbocycles. The molecule has 170 valence electrons. The van der Waals surface area contributed by atoms with Crippen LogP contribution in [0.3, 0.4) is 0 Å². The van der Waals surface area contributed by atoms with Gasteiger partial charge in [-0.25, -0.2) is 0 Å². The Hall–Kier alpha value is -2.05. The van der Waals surface area contributed by atoms with E-state index >= 15 is 0 Å². The molecule has 0 spiro atoms. The number of carbonyl (C=O) groups is 2. The van der Waals surface area contributed by atoms with Crippen molar-refractivity contribution in [3.63, 3.8) is 0 Å². The highest BCUT2D eigenvalue weighted by Crippen LogP contribution is 2.30. The second kappa shape index (κ2) is 14.9. The predicted octanol–water partition coefficient (Wildman–Crippen LogP) is 4.58. The highest BCUT2D eigenvalue weighted by atomic mass is 35.5. The number of hydrogen-bond donors (Lipinski definition) is 2. The Morgan fingerprint density at radius 2 is 1.97 bits per heavy atom. The summed E-state index contributed by atoms with van der Waals surface area (Å²) in [6.45, 7) is 7.20. The highest BCUT2D eigenvalue weighted by Gasteiger charge is 2.27. The molecule has 2 N–H and O–H groups in total. The average Bonchev–Trinajstić information content (AvgIpc) is 2.69. The number of unbranched alkanes of at least 4 members (excludes halogenated alkanes) is 2. The minimum atomic E-state index is -0.919. The molecular formula is C23H37ClN2O4. The number of halogens is 1. The van der Waals surface area contributed by atoms with Gasteiger partial charge in [-0.05, 0) is 50.4 Å². The quantitative estimate of drug-likeness (QED) is 0.346. The number of likely N-dealkylation sites (N-methyl/N-ethyl adjacent to an activating group) is 1. The third-order valence-electron chi connectivity index (χ3n) is 4.80. The standard InChI is InChI=1S/C23H36N2O4.ClH/c1-6-25(4)22(23(27)28)19-14-13-18(15-20(19)29-5)16-24-21(26)12-10-8-7-9-11-17(2)3;/h9,11,13-15,17,22H,6-8,10,12,16H2,1-5H3,(H,24,26)(H,27,28);1H. The molecule has 30 heavy (non-hydrogen) atoms. The maximum absolute atomic E-state index is 12.1. The first-order chi connectivity index (χ1) is 13.8. The third kappa shape index (κ3) is 9.63. The minimum Gasteiger partial charge on any atom is -0.496 e. The summed E-state index contributed by atoms with van der Waals surface area (Å²) in [5.41, 5.74) is 1.48. The van der Waals surface area contributed by atoms with Gasteiger partial charge in [0.25, 0.3) is 0 Å². The van der Waals surface area contributed by atoms with E-state index in [1.54, 1.807) is 24.1 Å². The number of hydrogen-bond acceptors (Lipinski definition) is 4. The number of carbonyl (C=O) groups excluding carboxylic acids is 1. The monoisotopic (exact) mass is 440 g/mol. The number of carboxylic acid groups (broad SMARTS) is 1. The van der Waals surface area contributed by atoms with Crippen molar-refractivity contribution in [2.24, 2.45) is 5.92 Å². The molecule has 0 bridgehead atoms. The van der Waals surface area contributed by atoms with Gasteiger partial charge in [0.15, 0.2) is 0 Å². The fourth-order valence-electron chi connectivity index (χ4n) is 3.04. The molecule has 1 rings (SSSR count). The minimum absolute atomic E-state index is 0. The molecule has 0 aromatic heterocycles. The van der Waals surface area contributed by atoms with Gasteiger partial charge in [-0.2, -0.15) is 0 Å². The second-order valence-electron chi connectivity index (χ2n) is 7.58. The Bertz CT molecular complexity index is 692. The number of rotatable bonds is 13. The van der Waals surface area contributed by atoms with Crippen molar-refractivity contribution in [3.8, 4) is 5.75 Å². The van der Waals surface area contributed by atoms with Crippen molar-refractivity contribution in [1.29, 1.82) is 0 Å². The number of ether oxygens (including phenoxy) is 1. The number of aliphatic carboxylic acids is 1. The van der Waals surface area contributed by atoms with E-state index in [0.717, 1.165) is 24.8 Å². The Kier molecular flexibility index (Phi) is 13.8. The normalized spacial score (nSPS) is 12.1. The second-order valence-corrected chi connectivity index (χ2v) is 7.58. The van der Waals surface area contributed by atoms with Crippen LogP contribution < -0.4 is 10.1 Å². The zero-order valence-electron chi connectivity index (χ0n) is 18.8. The lowest BCUT2D eigenvalue weighted by molar-refractivity contribution is -0.143. The molecule has 0 saturated heterocycles. The summed E-state index contributed by atoms with van der Waals surface area (Å²) in [6, 6.07) is 4.63. The van der Waals surface area contributed by atoms with Crippen LogP contribution >= 0.6 is 12.4 Å². The van der Waals surface area contributed by atoms with Crippen molar-refractivity contribution >= 4 is 24.3 Å². The van der Waals surface area contributed by atoms with Gasteiger partial charge in [-0.15, -0.1) is 12.4 Å². The molecule has 0 aliphatic heterocycles. The van der Waals surface area contributed by atoms with E-state index < -0.39 is 12.0 Å². The van der Waals surface area contributed by atoms with Crippen LogP contribution in [0.1, 0.15) is 63.6 Å². The maximum Gasteiger partial charge on any atom is 0.325 e. The molecule has 0 heterocycles. The summed E-state index contributed by atoms with van der Waals surface area (Å²) < 4.78 is 5.43. The van der Waals surface area contributed by atoms with Crippen molar-refractivity contribution in [2.45, 2.75) is 59.0 Å². The molecular weight excluding hydrogens is 404 g/mol. The van der Waals surface area contributed by atoms with Crippen LogP contribution in [-0.4, -0.2) is 42.6 Å². The maximum atomic E-state index is 12.1. The molecule has 1 aromatic carbocycles. The summed E-state index contributed by atoms with van der Waals surface area (Å²) in [5, 5.41) is 12.5. The van der Waals surface area contributed by atoms with Gasteiger partial charge in [-0.3, -0.25) is 14.5 Å². The highest BCUT2D eigenvalue weighted by molar-refractivity contribution is 5.85. The zero-order valence-corrected chi connectivity index (χ0v) is 19.6. The number of benzene rings is 1. The van der Waals surface area contributed by atoms with Crippen LogP contribution in [0.2, 0.25) is 0 Å². The zero-order chi connectivity index (χ0) is 21.8. The Morgan fingerprint density at radius 3 is 2.53 bits per heavy atom. The largest absolute Gasteiger partial charge is 0.496 e. The molecule has 1 amide bonds. The van der Waals surface area contributed by atoms with Crippen LogP contribution in [-0.2, 0) is 16.1 Å². The Balaban J connectivity index is 0.00000841. The summed E-state index contributed by atoms with van der Waals surface area (Å²) >= 11 is 0. The number of carboxylic acids is 1. The average molecular weight is 441 g/mol. The fraction of sp³-hybridized carbons (Fsp3) is 0.565. The van der Waals surface area contributed by atoms with Crippen molar-refractivity contribution in [2.75, 3.05) is 20.7 Å². The molecule has 0 fully saturated rings. The molecule has 1 aromatic rings.